The molecule has 0 amide bonds. The average molecular weight is 340 g/mol. The van der Waals surface area contributed by atoms with Gasteiger partial charge in [0.1, 0.15) is 10.7 Å². The van der Waals surface area contributed by atoms with Gasteiger partial charge < -0.3 is 0 Å². The molecule has 0 aliphatic rings. The van der Waals surface area contributed by atoms with Crippen LogP contribution < -0.4 is 11.0 Å². The lowest BCUT2D eigenvalue weighted by Crippen LogP contribution is -2.22. The van der Waals surface area contributed by atoms with E-state index in [-0.39, 0.29) is 5.02 Å². The molecule has 120 valence electrons. The van der Waals surface area contributed by atoms with Crippen molar-refractivity contribution in [3.8, 4) is 5.69 Å². The molecule has 24 heavy (non-hydrogen) atoms. The van der Waals surface area contributed by atoms with Crippen LogP contribution in [0.2, 0.25) is 5.02 Å². The van der Waals surface area contributed by atoms with E-state index in [1.54, 1.807) is 18.3 Å². The Kier molecular flexibility index (Phi) is 4.67. The van der Waals surface area contributed by atoms with E-state index in [4.69, 9.17) is 11.6 Å². The van der Waals surface area contributed by atoms with Crippen LogP contribution in [0.5, 0.6) is 0 Å². The first-order chi connectivity index (χ1) is 11.7. The minimum atomic E-state index is -0.418. The third-order valence-electron chi connectivity index (χ3n) is 3.30. The lowest BCUT2D eigenvalue weighted by Gasteiger charge is -2.08. The van der Waals surface area contributed by atoms with Crippen LogP contribution in [-0.2, 0) is 0 Å². The van der Waals surface area contributed by atoms with E-state index in [2.05, 4.69) is 20.6 Å². The maximum absolute atomic E-state index is 12.4. The summed E-state index contributed by atoms with van der Waals surface area (Å²) in [5.41, 5.74) is 4.73. The Bertz CT molecular complexity index is 923. The van der Waals surface area contributed by atoms with E-state index in [0.29, 0.717) is 17.1 Å². The number of benzene rings is 1. The van der Waals surface area contributed by atoms with Gasteiger partial charge in [-0.05, 0) is 31.2 Å². The van der Waals surface area contributed by atoms with E-state index in [1.165, 1.54) is 10.9 Å². The van der Waals surface area contributed by atoms with E-state index in [0.717, 1.165) is 5.69 Å². The molecule has 1 aromatic carbocycles. The number of pyridine rings is 1. The van der Waals surface area contributed by atoms with Gasteiger partial charge in [-0.25, -0.2) is 0 Å². The molecule has 0 radical (unpaired) electrons. The van der Waals surface area contributed by atoms with Crippen LogP contribution in [-0.4, -0.2) is 20.5 Å². The molecular weight excluding hydrogens is 326 g/mol. The third kappa shape index (κ3) is 3.33. The highest BCUT2D eigenvalue weighted by molar-refractivity contribution is 6.33. The quantitative estimate of drug-likeness (QED) is 0.585. The number of nitrogens with zero attached hydrogens (tertiary/aromatic N) is 4. The van der Waals surface area contributed by atoms with Gasteiger partial charge in [0.2, 0.25) is 0 Å². The first-order valence-electron chi connectivity index (χ1n) is 7.22. The fourth-order valence-corrected chi connectivity index (χ4v) is 2.21. The molecule has 0 saturated heterocycles. The predicted octanol–water partition coefficient (Wildman–Crippen LogP) is 3.12. The van der Waals surface area contributed by atoms with Crippen molar-refractivity contribution in [1.82, 2.24) is 14.8 Å². The van der Waals surface area contributed by atoms with Crippen LogP contribution in [0, 0.1) is 0 Å². The van der Waals surface area contributed by atoms with E-state index >= 15 is 0 Å². The monoisotopic (exact) mass is 339 g/mol. The highest BCUT2D eigenvalue weighted by Gasteiger charge is 2.10. The number of hydrogen-bond donors (Lipinski definition) is 1. The van der Waals surface area contributed by atoms with E-state index in [9.17, 15) is 4.79 Å². The van der Waals surface area contributed by atoms with Crippen LogP contribution in [0.15, 0.2) is 70.8 Å². The third-order valence-corrected chi connectivity index (χ3v) is 3.66. The lowest BCUT2D eigenvalue weighted by atomic mass is 10.3. The minimum absolute atomic E-state index is 0.0198. The summed E-state index contributed by atoms with van der Waals surface area (Å²) in [5, 5.41) is 8.35. The van der Waals surface area contributed by atoms with Crippen LogP contribution in [0.3, 0.4) is 0 Å². The van der Waals surface area contributed by atoms with Gasteiger partial charge in [0.15, 0.2) is 0 Å². The van der Waals surface area contributed by atoms with E-state index in [1.807, 2.05) is 43.3 Å². The summed E-state index contributed by atoms with van der Waals surface area (Å²) in [6.45, 7) is 1.81. The number of rotatable bonds is 4. The number of para-hydroxylation sites is 1. The maximum Gasteiger partial charge on any atom is 0.292 e. The molecule has 3 aromatic rings. The van der Waals surface area contributed by atoms with Crippen LogP contribution >= 0.6 is 11.6 Å². The zero-order chi connectivity index (χ0) is 16.9. The normalized spacial score (nSPS) is 11.3. The SMILES string of the molecule is C/C(=N\Nc1cnn(-c2ccccc2)c(=O)c1Cl)c1ccccn1. The zero-order valence-electron chi connectivity index (χ0n) is 12.8. The summed E-state index contributed by atoms with van der Waals surface area (Å²) in [4.78, 5) is 16.6. The van der Waals surface area contributed by atoms with Crippen molar-refractivity contribution in [2.24, 2.45) is 5.10 Å². The van der Waals surface area contributed by atoms with Crippen molar-refractivity contribution >= 4 is 23.0 Å². The van der Waals surface area contributed by atoms with Crippen molar-refractivity contribution < 1.29 is 0 Å². The van der Waals surface area contributed by atoms with Crippen molar-refractivity contribution in [2.45, 2.75) is 6.92 Å². The summed E-state index contributed by atoms with van der Waals surface area (Å²) < 4.78 is 1.24. The standard InChI is InChI=1S/C17H14ClN5O/c1-12(14-9-5-6-10-19-14)21-22-15-11-20-23(17(24)16(15)18)13-7-3-2-4-8-13/h2-11,22H,1H3/b21-12+. The summed E-state index contributed by atoms with van der Waals surface area (Å²) in [7, 11) is 0. The van der Waals surface area contributed by atoms with Gasteiger partial charge in [0.05, 0.1) is 23.3 Å². The molecule has 0 atom stereocenters. The van der Waals surface area contributed by atoms with Gasteiger partial charge in [0.25, 0.3) is 5.56 Å². The number of hydrogen-bond acceptors (Lipinski definition) is 5. The molecule has 0 aliphatic carbocycles. The van der Waals surface area contributed by atoms with Gasteiger partial charge >= 0.3 is 0 Å². The number of nitrogens with one attached hydrogen (secondary N) is 1. The second-order valence-electron chi connectivity index (χ2n) is 4.95. The Morgan fingerprint density at radius 3 is 2.62 bits per heavy atom. The maximum atomic E-state index is 12.4. The van der Waals surface area contributed by atoms with Crippen molar-refractivity contribution in [3.63, 3.8) is 0 Å². The molecule has 0 aliphatic heterocycles. The first-order valence-corrected chi connectivity index (χ1v) is 7.59. The number of aromatic nitrogens is 3. The summed E-state index contributed by atoms with van der Waals surface area (Å²) in [6.07, 6.45) is 3.15. The molecule has 0 spiro atoms. The molecule has 0 saturated carbocycles. The second-order valence-corrected chi connectivity index (χ2v) is 5.33. The Morgan fingerprint density at radius 1 is 1.17 bits per heavy atom. The smallest absolute Gasteiger partial charge is 0.275 e. The molecule has 2 aromatic heterocycles. The summed E-state index contributed by atoms with van der Waals surface area (Å²) in [6, 6.07) is 14.6. The largest absolute Gasteiger partial charge is 0.292 e. The number of hydrazone groups is 1. The zero-order valence-corrected chi connectivity index (χ0v) is 13.6. The van der Waals surface area contributed by atoms with Crippen LogP contribution in [0.4, 0.5) is 5.69 Å². The second kappa shape index (κ2) is 7.06. The fourth-order valence-electron chi connectivity index (χ4n) is 2.04. The van der Waals surface area contributed by atoms with Gasteiger partial charge in [-0.3, -0.25) is 15.2 Å². The molecule has 1 N–H and O–H groups in total. The molecule has 3 rings (SSSR count). The molecule has 7 heteroatoms. The van der Waals surface area contributed by atoms with Gasteiger partial charge in [0, 0.05) is 6.20 Å². The van der Waals surface area contributed by atoms with Gasteiger partial charge in [-0.2, -0.15) is 14.9 Å². The molecule has 0 bridgehead atoms. The average Bonchev–Trinajstić information content (AvgIpc) is 2.64. The highest BCUT2D eigenvalue weighted by atomic mass is 35.5. The van der Waals surface area contributed by atoms with Crippen molar-refractivity contribution in [2.75, 3.05) is 5.43 Å². The molecular formula is C17H14ClN5O. The Hall–Kier alpha value is -2.99. The van der Waals surface area contributed by atoms with Crippen molar-refractivity contribution in [3.05, 3.63) is 82.0 Å². The fraction of sp³-hybridized carbons (Fsp3) is 0.0588. The lowest BCUT2D eigenvalue weighted by molar-refractivity contribution is 0.808. The number of halogens is 1. The summed E-state index contributed by atoms with van der Waals surface area (Å²) >= 11 is 6.16. The topological polar surface area (TPSA) is 72.2 Å². The predicted molar refractivity (Wildman–Crippen MR) is 94.9 cm³/mol. The number of anilines is 1. The first kappa shape index (κ1) is 15.9. The minimum Gasteiger partial charge on any atom is -0.275 e. The van der Waals surface area contributed by atoms with Crippen LogP contribution in [0.1, 0.15) is 12.6 Å². The van der Waals surface area contributed by atoms with Gasteiger partial charge in [-0.15, -0.1) is 0 Å². The molecule has 6 nitrogen and oxygen atoms in total. The van der Waals surface area contributed by atoms with Crippen LogP contribution in [0.25, 0.3) is 5.69 Å². The Labute approximate surface area is 143 Å². The van der Waals surface area contributed by atoms with E-state index < -0.39 is 5.56 Å². The summed E-state index contributed by atoms with van der Waals surface area (Å²) in [5.74, 6) is 0. The Balaban J connectivity index is 1.88. The van der Waals surface area contributed by atoms with Gasteiger partial charge in [-0.1, -0.05) is 35.9 Å². The molecule has 0 unspecified atom stereocenters. The molecule has 2 heterocycles. The molecule has 0 fully saturated rings. The Morgan fingerprint density at radius 2 is 1.92 bits per heavy atom. The van der Waals surface area contributed by atoms with Crippen molar-refractivity contribution in [1.29, 1.82) is 0 Å². The highest BCUT2D eigenvalue weighted by Crippen LogP contribution is 2.16.